The minimum atomic E-state index is 0.668. The van der Waals surface area contributed by atoms with Crippen LogP contribution in [-0.2, 0) is 11.5 Å². The molecule has 3 heteroatoms. The van der Waals surface area contributed by atoms with Crippen molar-refractivity contribution in [1.82, 2.24) is 4.98 Å². The number of hydrogen-bond acceptors (Lipinski definition) is 1. The molecular formula is C16H31N2O+. The minimum Gasteiger partial charge on any atom is -0.342 e. The first-order valence-corrected chi connectivity index (χ1v) is 8.03. The number of aromatic nitrogens is 2. The summed E-state index contributed by atoms with van der Waals surface area (Å²) in [6, 6.07) is 0. The van der Waals surface area contributed by atoms with Crippen LogP contribution in [0, 0.1) is 0 Å². The van der Waals surface area contributed by atoms with Gasteiger partial charge in [-0.1, -0.05) is 64.7 Å². The van der Waals surface area contributed by atoms with E-state index in [0.29, 0.717) is 6.73 Å². The van der Waals surface area contributed by atoms with E-state index in [0.717, 1.165) is 6.61 Å². The standard InChI is InChI=1S/C16H30N2O/c1-2-3-4-5-6-7-8-9-10-11-14-19-16-18-13-12-17-15-18/h12-13,15H,2-11,14,16H2,1H3/p+1. The SMILES string of the molecule is CCCCCCCCCCCCOC[n+]1cc[nH]c1. The number of nitrogens with zero attached hydrogens (tertiary/aromatic N) is 1. The number of unbranched alkanes of at least 4 members (excludes halogenated alkanes) is 9. The maximum absolute atomic E-state index is 5.59. The summed E-state index contributed by atoms with van der Waals surface area (Å²) in [5.74, 6) is 0. The average molecular weight is 267 g/mol. The lowest BCUT2D eigenvalue weighted by molar-refractivity contribution is -0.731. The predicted octanol–water partition coefficient (Wildman–Crippen LogP) is 4.20. The molecule has 19 heavy (non-hydrogen) atoms. The Kier molecular flexibility index (Phi) is 10.4. The van der Waals surface area contributed by atoms with Gasteiger partial charge in [0.1, 0.15) is 12.4 Å². The summed E-state index contributed by atoms with van der Waals surface area (Å²) in [5, 5.41) is 0. The third-order valence-corrected chi connectivity index (χ3v) is 3.49. The monoisotopic (exact) mass is 267 g/mol. The van der Waals surface area contributed by atoms with Crippen molar-refractivity contribution in [2.75, 3.05) is 6.61 Å². The van der Waals surface area contributed by atoms with Gasteiger partial charge in [0.15, 0.2) is 6.73 Å². The number of rotatable bonds is 13. The second kappa shape index (κ2) is 12.2. The first-order chi connectivity index (χ1) is 9.43. The van der Waals surface area contributed by atoms with E-state index in [1.165, 1.54) is 64.2 Å². The van der Waals surface area contributed by atoms with E-state index in [2.05, 4.69) is 11.9 Å². The normalized spacial score (nSPS) is 11.0. The summed E-state index contributed by atoms with van der Waals surface area (Å²) in [6.45, 7) is 3.83. The first kappa shape index (κ1) is 16.2. The molecule has 3 nitrogen and oxygen atoms in total. The maximum Gasteiger partial charge on any atom is 0.243 e. The van der Waals surface area contributed by atoms with Gasteiger partial charge in [-0.2, -0.15) is 0 Å². The summed E-state index contributed by atoms with van der Waals surface area (Å²) in [7, 11) is 0. The highest BCUT2D eigenvalue weighted by Gasteiger charge is 1.96. The fourth-order valence-corrected chi connectivity index (χ4v) is 2.26. The molecule has 0 saturated heterocycles. The van der Waals surface area contributed by atoms with Gasteiger partial charge in [0.05, 0.1) is 6.61 Å². The van der Waals surface area contributed by atoms with Crippen LogP contribution in [-0.4, -0.2) is 11.6 Å². The zero-order chi connectivity index (χ0) is 13.6. The summed E-state index contributed by atoms with van der Waals surface area (Å²) in [5.41, 5.74) is 0. The summed E-state index contributed by atoms with van der Waals surface area (Å²) >= 11 is 0. The molecule has 0 amide bonds. The second-order valence-electron chi connectivity index (χ2n) is 5.35. The van der Waals surface area contributed by atoms with Crippen molar-refractivity contribution in [1.29, 1.82) is 0 Å². The fraction of sp³-hybridized carbons (Fsp3) is 0.812. The van der Waals surface area contributed by atoms with E-state index in [-0.39, 0.29) is 0 Å². The van der Waals surface area contributed by atoms with Crippen molar-refractivity contribution >= 4 is 0 Å². The zero-order valence-electron chi connectivity index (χ0n) is 12.6. The van der Waals surface area contributed by atoms with E-state index >= 15 is 0 Å². The molecule has 0 unspecified atom stereocenters. The van der Waals surface area contributed by atoms with Crippen LogP contribution in [0.25, 0.3) is 0 Å². The third-order valence-electron chi connectivity index (χ3n) is 3.49. The van der Waals surface area contributed by atoms with Crippen molar-refractivity contribution in [3.63, 3.8) is 0 Å². The molecular weight excluding hydrogens is 236 g/mol. The fourth-order valence-electron chi connectivity index (χ4n) is 2.26. The molecule has 0 fully saturated rings. The van der Waals surface area contributed by atoms with Crippen molar-refractivity contribution < 1.29 is 9.30 Å². The van der Waals surface area contributed by atoms with Gasteiger partial charge in [0.2, 0.25) is 6.33 Å². The highest BCUT2D eigenvalue weighted by molar-refractivity contribution is 4.54. The van der Waals surface area contributed by atoms with Crippen LogP contribution in [0.2, 0.25) is 0 Å². The quantitative estimate of drug-likeness (QED) is 0.421. The van der Waals surface area contributed by atoms with Crippen molar-refractivity contribution in [3.05, 3.63) is 18.7 Å². The van der Waals surface area contributed by atoms with Gasteiger partial charge in [-0.05, 0) is 6.42 Å². The highest BCUT2D eigenvalue weighted by atomic mass is 16.5. The highest BCUT2D eigenvalue weighted by Crippen LogP contribution is 2.10. The smallest absolute Gasteiger partial charge is 0.243 e. The number of imidazole rings is 1. The van der Waals surface area contributed by atoms with Crippen LogP contribution in [0.4, 0.5) is 0 Å². The molecule has 0 aliphatic carbocycles. The average Bonchev–Trinajstić information content (AvgIpc) is 2.93. The molecule has 0 bridgehead atoms. The Bertz CT molecular complexity index is 272. The largest absolute Gasteiger partial charge is 0.342 e. The third kappa shape index (κ3) is 9.71. The molecule has 0 atom stereocenters. The van der Waals surface area contributed by atoms with Gasteiger partial charge < -0.3 is 4.74 Å². The predicted molar refractivity (Wildman–Crippen MR) is 78.8 cm³/mol. The molecule has 1 aromatic heterocycles. The lowest BCUT2D eigenvalue weighted by Gasteiger charge is -2.03. The van der Waals surface area contributed by atoms with Gasteiger partial charge >= 0.3 is 0 Å². The molecule has 1 aromatic rings. The maximum atomic E-state index is 5.59. The number of nitrogens with one attached hydrogen (secondary N) is 1. The molecule has 0 saturated carbocycles. The molecule has 1 N–H and O–H groups in total. The van der Waals surface area contributed by atoms with Gasteiger partial charge in [-0.15, -0.1) is 0 Å². The van der Waals surface area contributed by atoms with Crippen LogP contribution in [0.3, 0.4) is 0 Å². The Morgan fingerprint density at radius 1 is 0.895 bits per heavy atom. The van der Waals surface area contributed by atoms with Crippen molar-refractivity contribution in [2.24, 2.45) is 0 Å². The van der Waals surface area contributed by atoms with Crippen molar-refractivity contribution in [2.45, 2.75) is 77.9 Å². The van der Waals surface area contributed by atoms with E-state index in [4.69, 9.17) is 4.74 Å². The summed E-state index contributed by atoms with van der Waals surface area (Å²) in [4.78, 5) is 3.01. The lowest BCUT2D eigenvalue weighted by atomic mass is 10.1. The van der Waals surface area contributed by atoms with Crippen LogP contribution in [0.1, 0.15) is 71.1 Å². The van der Waals surface area contributed by atoms with Gasteiger partial charge in [-0.3, -0.25) is 4.98 Å². The number of hydrogen-bond donors (Lipinski definition) is 1. The Balaban J connectivity index is 1.72. The van der Waals surface area contributed by atoms with E-state index in [9.17, 15) is 0 Å². The summed E-state index contributed by atoms with van der Waals surface area (Å²) < 4.78 is 7.60. The minimum absolute atomic E-state index is 0.668. The molecule has 0 aliphatic rings. The molecule has 1 rings (SSSR count). The van der Waals surface area contributed by atoms with Crippen LogP contribution in [0.15, 0.2) is 18.7 Å². The van der Waals surface area contributed by atoms with Gasteiger partial charge in [0.25, 0.3) is 0 Å². The summed E-state index contributed by atoms with van der Waals surface area (Å²) in [6.07, 6.45) is 19.6. The molecule has 0 spiro atoms. The molecule has 0 radical (unpaired) electrons. The van der Waals surface area contributed by atoms with Crippen LogP contribution < -0.4 is 4.57 Å². The van der Waals surface area contributed by atoms with Crippen LogP contribution >= 0.6 is 0 Å². The lowest BCUT2D eigenvalue weighted by Crippen LogP contribution is -2.32. The Morgan fingerprint density at radius 2 is 1.53 bits per heavy atom. The van der Waals surface area contributed by atoms with Gasteiger partial charge in [-0.25, -0.2) is 4.57 Å². The number of aromatic amines is 1. The topological polar surface area (TPSA) is 28.9 Å². The second-order valence-corrected chi connectivity index (χ2v) is 5.35. The zero-order valence-corrected chi connectivity index (χ0v) is 12.6. The Labute approximate surface area is 118 Å². The molecule has 1 heterocycles. The van der Waals surface area contributed by atoms with E-state index in [1.54, 1.807) is 0 Å². The number of H-pyrrole nitrogens is 1. The Hall–Kier alpha value is -0.830. The molecule has 0 aromatic carbocycles. The van der Waals surface area contributed by atoms with Gasteiger partial charge in [0, 0.05) is 0 Å². The van der Waals surface area contributed by atoms with Crippen LogP contribution in [0.5, 0.6) is 0 Å². The van der Waals surface area contributed by atoms with E-state index < -0.39 is 0 Å². The molecule has 110 valence electrons. The Morgan fingerprint density at radius 3 is 2.11 bits per heavy atom. The number of ether oxygens (including phenoxy) is 1. The van der Waals surface area contributed by atoms with Crippen molar-refractivity contribution in [3.8, 4) is 0 Å². The molecule has 0 aliphatic heterocycles. The van der Waals surface area contributed by atoms with E-state index in [1.807, 2.05) is 23.3 Å². The first-order valence-electron chi connectivity index (χ1n) is 8.03.